The number of rotatable bonds is 6. The summed E-state index contributed by atoms with van der Waals surface area (Å²) >= 11 is 0. The Kier molecular flexibility index (Phi) is 4.08. The van der Waals surface area contributed by atoms with Crippen molar-refractivity contribution < 1.29 is 24.6 Å². The molecular formula is C16H24N2O5. The third kappa shape index (κ3) is 2.71. The molecule has 0 radical (unpaired) electrons. The molecule has 4 rings (SSSR count). The first kappa shape index (κ1) is 16.2. The lowest BCUT2D eigenvalue weighted by Gasteiger charge is -2.59. The molecule has 4 saturated carbocycles. The van der Waals surface area contributed by atoms with Crippen LogP contribution in [-0.4, -0.2) is 39.6 Å². The number of hydrogen-bond acceptors (Lipinski definition) is 4. The van der Waals surface area contributed by atoms with Crippen LogP contribution in [0.4, 0.5) is 0 Å². The van der Waals surface area contributed by atoms with Crippen molar-refractivity contribution in [3.05, 3.63) is 0 Å². The molecule has 1 amide bonds. The fourth-order valence-electron chi connectivity index (χ4n) is 5.24. The van der Waals surface area contributed by atoms with Crippen LogP contribution >= 0.6 is 0 Å². The zero-order chi connectivity index (χ0) is 16.8. The second-order valence-electron chi connectivity index (χ2n) is 7.51. The van der Waals surface area contributed by atoms with Crippen LogP contribution in [0.15, 0.2) is 0 Å². The molecular weight excluding hydrogens is 300 g/mol. The maximum atomic E-state index is 12.2. The van der Waals surface area contributed by atoms with Crippen molar-refractivity contribution in [2.45, 2.75) is 56.5 Å². The SMILES string of the molecule is N[C@H](CCC(=O)NC1(C(=O)O)C2CC3CC(C2)CC1C3)C(=O)O. The van der Waals surface area contributed by atoms with E-state index in [0.29, 0.717) is 11.8 Å². The number of nitrogens with one attached hydrogen (secondary N) is 1. The molecule has 1 atom stereocenters. The zero-order valence-corrected chi connectivity index (χ0v) is 13.0. The summed E-state index contributed by atoms with van der Waals surface area (Å²) in [6, 6.07) is -1.10. The van der Waals surface area contributed by atoms with Crippen molar-refractivity contribution in [3.8, 4) is 0 Å². The van der Waals surface area contributed by atoms with Gasteiger partial charge in [0.2, 0.25) is 5.91 Å². The van der Waals surface area contributed by atoms with Gasteiger partial charge in [0.1, 0.15) is 11.6 Å². The molecule has 0 aromatic carbocycles. The Morgan fingerprint density at radius 3 is 2.00 bits per heavy atom. The molecule has 7 nitrogen and oxygen atoms in total. The maximum Gasteiger partial charge on any atom is 0.330 e. The monoisotopic (exact) mass is 324 g/mol. The molecule has 0 heterocycles. The quantitative estimate of drug-likeness (QED) is 0.565. The minimum Gasteiger partial charge on any atom is -0.480 e. The summed E-state index contributed by atoms with van der Waals surface area (Å²) < 4.78 is 0. The van der Waals surface area contributed by atoms with Gasteiger partial charge in [0.15, 0.2) is 0 Å². The molecule has 128 valence electrons. The molecule has 0 saturated heterocycles. The highest BCUT2D eigenvalue weighted by Gasteiger charge is 2.62. The van der Waals surface area contributed by atoms with Gasteiger partial charge >= 0.3 is 11.9 Å². The summed E-state index contributed by atoms with van der Waals surface area (Å²) in [6.45, 7) is 0. The van der Waals surface area contributed by atoms with E-state index in [-0.39, 0.29) is 24.7 Å². The van der Waals surface area contributed by atoms with E-state index >= 15 is 0 Å². The van der Waals surface area contributed by atoms with Gasteiger partial charge in [0, 0.05) is 6.42 Å². The van der Waals surface area contributed by atoms with E-state index < -0.39 is 29.4 Å². The molecule has 7 heteroatoms. The van der Waals surface area contributed by atoms with Crippen molar-refractivity contribution in [3.63, 3.8) is 0 Å². The van der Waals surface area contributed by atoms with Crippen LogP contribution in [0, 0.1) is 23.7 Å². The van der Waals surface area contributed by atoms with Gasteiger partial charge in [-0.05, 0) is 62.2 Å². The van der Waals surface area contributed by atoms with Crippen molar-refractivity contribution in [2.24, 2.45) is 29.4 Å². The van der Waals surface area contributed by atoms with Crippen molar-refractivity contribution in [2.75, 3.05) is 0 Å². The Morgan fingerprint density at radius 2 is 1.57 bits per heavy atom. The van der Waals surface area contributed by atoms with Crippen LogP contribution in [0.3, 0.4) is 0 Å². The lowest BCUT2D eigenvalue weighted by atomic mass is 9.48. The second-order valence-corrected chi connectivity index (χ2v) is 7.51. The molecule has 0 unspecified atom stereocenters. The standard InChI is InChI=1S/C16H24N2O5/c17-12(14(20)21)1-2-13(19)18-16(15(22)23)10-4-8-3-9(6-10)7-11(16)5-8/h8-12H,1-7,17H2,(H,18,19)(H,20,21)(H,22,23)/t8?,9?,10?,11?,12-,16?/m1/s1. The second kappa shape index (κ2) is 5.78. The lowest BCUT2D eigenvalue weighted by molar-refractivity contribution is -0.167. The molecule has 0 aromatic heterocycles. The van der Waals surface area contributed by atoms with Gasteiger partial charge in [-0.15, -0.1) is 0 Å². The van der Waals surface area contributed by atoms with E-state index in [1.807, 2.05) is 0 Å². The topological polar surface area (TPSA) is 130 Å². The minimum absolute atomic E-state index is 0.00616. The van der Waals surface area contributed by atoms with Gasteiger partial charge in [-0.3, -0.25) is 9.59 Å². The molecule has 4 aliphatic rings. The van der Waals surface area contributed by atoms with Crippen LogP contribution in [-0.2, 0) is 14.4 Å². The van der Waals surface area contributed by atoms with E-state index in [1.54, 1.807) is 0 Å². The molecule has 0 spiro atoms. The number of carbonyl (C=O) groups excluding carboxylic acids is 1. The number of hydrogen-bond donors (Lipinski definition) is 4. The molecule has 4 aliphatic carbocycles. The smallest absolute Gasteiger partial charge is 0.330 e. The Bertz CT molecular complexity index is 505. The number of carboxylic acids is 2. The summed E-state index contributed by atoms with van der Waals surface area (Å²) in [5, 5.41) is 21.4. The first-order valence-electron chi connectivity index (χ1n) is 8.35. The van der Waals surface area contributed by atoms with Gasteiger partial charge in [-0.25, -0.2) is 4.79 Å². The van der Waals surface area contributed by atoms with Crippen LogP contribution < -0.4 is 11.1 Å². The number of carboxylic acid groups (broad SMARTS) is 2. The Hall–Kier alpha value is -1.63. The van der Waals surface area contributed by atoms with E-state index in [2.05, 4.69) is 5.32 Å². The molecule has 4 bridgehead atoms. The van der Waals surface area contributed by atoms with Crippen molar-refractivity contribution in [1.29, 1.82) is 0 Å². The van der Waals surface area contributed by atoms with E-state index in [4.69, 9.17) is 10.8 Å². The Labute approximate surface area is 134 Å². The summed E-state index contributed by atoms with van der Waals surface area (Å²) in [6.07, 6.45) is 4.63. The van der Waals surface area contributed by atoms with Crippen molar-refractivity contribution in [1.82, 2.24) is 5.32 Å². The summed E-state index contributed by atoms with van der Waals surface area (Å²) in [5.41, 5.74) is 4.24. The van der Waals surface area contributed by atoms with Crippen LogP contribution in [0.5, 0.6) is 0 Å². The Balaban J connectivity index is 1.71. The predicted molar refractivity (Wildman–Crippen MR) is 80.4 cm³/mol. The average molecular weight is 324 g/mol. The number of nitrogens with two attached hydrogens (primary N) is 1. The molecule has 4 fully saturated rings. The summed E-state index contributed by atoms with van der Waals surface area (Å²) in [4.78, 5) is 35.0. The normalized spacial score (nSPS) is 39.0. The predicted octanol–water partition coefficient (Wildman–Crippen LogP) is 0.574. The fourth-order valence-corrected chi connectivity index (χ4v) is 5.24. The summed E-state index contributed by atoms with van der Waals surface area (Å²) in [7, 11) is 0. The highest BCUT2D eigenvalue weighted by atomic mass is 16.4. The van der Waals surface area contributed by atoms with Crippen LogP contribution in [0.25, 0.3) is 0 Å². The first-order valence-corrected chi connectivity index (χ1v) is 8.35. The first-order chi connectivity index (χ1) is 10.8. The van der Waals surface area contributed by atoms with E-state index in [1.165, 1.54) is 6.42 Å². The third-order valence-electron chi connectivity index (χ3n) is 6.13. The highest BCUT2D eigenvalue weighted by molar-refractivity contribution is 5.88. The van der Waals surface area contributed by atoms with E-state index in [9.17, 15) is 19.5 Å². The molecule has 0 aliphatic heterocycles. The van der Waals surface area contributed by atoms with Gasteiger partial charge in [-0.2, -0.15) is 0 Å². The van der Waals surface area contributed by atoms with Crippen LogP contribution in [0.1, 0.15) is 44.9 Å². The zero-order valence-electron chi connectivity index (χ0n) is 13.0. The maximum absolute atomic E-state index is 12.2. The molecule has 5 N–H and O–H groups in total. The largest absolute Gasteiger partial charge is 0.480 e. The van der Waals surface area contributed by atoms with Gasteiger partial charge in [-0.1, -0.05) is 0 Å². The fraction of sp³-hybridized carbons (Fsp3) is 0.812. The van der Waals surface area contributed by atoms with Gasteiger partial charge in [0.05, 0.1) is 0 Å². The van der Waals surface area contributed by atoms with Crippen molar-refractivity contribution >= 4 is 17.8 Å². The third-order valence-corrected chi connectivity index (χ3v) is 6.13. The van der Waals surface area contributed by atoms with Crippen LogP contribution in [0.2, 0.25) is 0 Å². The van der Waals surface area contributed by atoms with Gasteiger partial charge in [0.25, 0.3) is 0 Å². The molecule has 23 heavy (non-hydrogen) atoms. The number of amides is 1. The minimum atomic E-state index is -1.17. The number of aliphatic carboxylic acids is 2. The lowest BCUT2D eigenvalue weighted by Crippen LogP contribution is -2.70. The van der Waals surface area contributed by atoms with Gasteiger partial charge < -0.3 is 21.3 Å². The Morgan fingerprint density at radius 1 is 1.04 bits per heavy atom. The van der Waals surface area contributed by atoms with E-state index in [0.717, 1.165) is 25.7 Å². The highest BCUT2D eigenvalue weighted by Crippen LogP contribution is 2.58. The summed E-state index contributed by atoms with van der Waals surface area (Å²) in [5.74, 6) is -1.31. The molecule has 0 aromatic rings. The average Bonchev–Trinajstić information content (AvgIpc) is 2.47. The number of carbonyl (C=O) groups is 3.